The van der Waals surface area contributed by atoms with E-state index in [4.69, 9.17) is 13.9 Å². The molecule has 5 nitrogen and oxygen atoms in total. The number of esters is 2. The molecule has 0 saturated heterocycles. The number of hydrogen-bond acceptors (Lipinski definition) is 5. The number of ether oxygens (including phenoxy) is 2. The van der Waals surface area contributed by atoms with E-state index in [2.05, 4.69) is 0 Å². The lowest BCUT2D eigenvalue weighted by Gasteiger charge is -2.06. The number of hydrogen-bond donors (Lipinski definition) is 0. The van der Waals surface area contributed by atoms with Gasteiger partial charge in [-0.15, -0.1) is 0 Å². The third kappa shape index (κ3) is 4.12. The molecule has 0 aliphatic rings. The minimum absolute atomic E-state index is 0.209. The van der Waals surface area contributed by atoms with Crippen molar-refractivity contribution in [3.05, 3.63) is 11.5 Å². The average molecular weight is 268 g/mol. The highest BCUT2D eigenvalue weighted by Gasteiger charge is 2.22. The van der Waals surface area contributed by atoms with E-state index in [0.717, 1.165) is 0 Å². The molecule has 0 saturated carbocycles. The Balaban J connectivity index is 2.90. The third-order valence-corrected chi connectivity index (χ3v) is 2.49. The maximum atomic E-state index is 11.5. The third-order valence-electron chi connectivity index (χ3n) is 2.49. The monoisotopic (exact) mass is 268 g/mol. The zero-order chi connectivity index (χ0) is 14.4. The molecule has 1 heterocycles. The van der Waals surface area contributed by atoms with Crippen LogP contribution in [-0.2, 0) is 9.59 Å². The number of aryl methyl sites for hydroxylation is 2. The molecule has 0 spiro atoms. The molecule has 0 unspecified atom stereocenters. The van der Waals surface area contributed by atoms with Gasteiger partial charge in [0.2, 0.25) is 11.5 Å². The summed E-state index contributed by atoms with van der Waals surface area (Å²) >= 11 is 0. The van der Waals surface area contributed by atoms with Crippen LogP contribution in [0.1, 0.15) is 51.1 Å². The van der Waals surface area contributed by atoms with E-state index in [9.17, 15) is 9.59 Å². The van der Waals surface area contributed by atoms with Gasteiger partial charge in [0.25, 0.3) is 0 Å². The van der Waals surface area contributed by atoms with Crippen LogP contribution >= 0.6 is 0 Å². The maximum Gasteiger partial charge on any atom is 0.311 e. The van der Waals surface area contributed by atoms with Gasteiger partial charge >= 0.3 is 11.9 Å². The highest BCUT2D eigenvalue weighted by molar-refractivity contribution is 5.76. The predicted molar refractivity (Wildman–Crippen MR) is 69.3 cm³/mol. The summed E-state index contributed by atoms with van der Waals surface area (Å²) in [4.78, 5) is 23.1. The summed E-state index contributed by atoms with van der Waals surface area (Å²) in [6, 6.07) is 0. The molecule has 0 atom stereocenters. The fraction of sp³-hybridized carbons (Fsp3) is 0.571. The standard InChI is InChI=1S/C14H20O5/c1-5-7-11(15)18-13-9(3)17-10(4)14(13)19-12(16)8-6-2/h5-8H2,1-4H3. The van der Waals surface area contributed by atoms with Gasteiger partial charge in [0.15, 0.2) is 0 Å². The summed E-state index contributed by atoms with van der Waals surface area (Å²) in [6.07, 6.45) is 2.01. The summed E-state index contributed by atoms with van der Waals surface area (Å²) < 4.78 is 15.8. The normalized spacial score (nSPS) is 10.3. The second-order valence-electron chi connectivity index (χ2n) is 4.32. The second kappa shape index (κ2) is 6.97. The van der Waals surface area contributed by atoms with Crippen LogP contribution < -0.4 is 9.47 Å². The first-order valence-electron chi connectivity index (χ1n) is 6.50. The topological polar surface area (TPSA) is 65.7 Å². The van der Waals surface area contributed by atoms with E-state index in [1.54, 1.807) is 13.8 Å². The van der Waals surface area contributed by atoms with Crippen molar-refractivity contribution in [1.29, 1.82) is 0 Å². The molecule has 0 amide bonds. The first-order valence-corrected chi connectivity index (χ1v) is 6.50. The highest BCUT2D eigenvalue weighted by atomic mass is 16.6. The lowest BCUT2D eigenvalue weighted by Crippen LogP contribution is -2.11. The number of furan rings is 1. The highest BCUT2D eigenvalue weighted by Crippen LogP contribution is 2.37. The Hall–Kier alpha value is -1.78. The molecule has 0 aromatic carbocycles. The van der Waals surface area contributed by atoms with Crippen LogP contribution in [0.5, 0.6) is 11.5 Å². The van der Waals surface area contributed by atoms with Crippen LogP contribution in [0.15, 0.2) is 4.42 Å². The van der Waals surface area contributed by atoms with Crippen LogP contribution in [0.2, 0.25) is 0 Å². The predicted octanol–water partition coefficient (Wildman–Crippen LogP) is 3.31. The van der Waals surface area contributed by atoms with Crippen molar-refractivity contribution in [2.45, 2.75) is 53.4 Å². The van der Waals surface area contributed by atoms with E-state index < -0.39 is 0 Å². The summed E-state index contributed by atoms with van der Waals surface area (Å²) in [5.41, 5.74) is 0. The lowest BCUT2D eigenvalue weighted by atomic mass is 10.3. The fourth-order valence-corrected chi connectivity index (χ4v) is 1.62. The minimum atomic E-state index is -0.362. The summed E-state index contributed by atoms with van der Waals surface area (Å²) in [5.74, 6) is 0.557. The number of rotatable bonds is 6. The van der Waals surface area contributed by atoms with Crippen molar-refractivity contribution in [3.63, 3.8) is 0 Å². The van der Waals surface area contributed by atoms with Gasteiger partial charge in [-0.05, 0) is 26.7 Å². The quantitative estimate of drug-likeness (QED) is 0.740. The molecule has 0 radical (unpaired) electrons. The van der Waals surface area contributed by atoms with Crippen LogP contribution in [0, 0.1) is 13.8 Å². The van der Waals surface area contributed by atoms with Crippen molar-refractivity contribution in [3.8, 4) is 11.5 Å². The molecule has 0 aliphatic carbocycles. The number of carbonyl (C=O) groups excluding carboxylic acids is 2. The molecular formula is C14H20O5. The molecule has 0 aliphatic heterocycles. The lowest BCUT2D eigenvalue weighted by molar-refractivity contribution is -0.137. The zero-order valence-electron chi connectivity index (χ0n) is 11.9. The van der Waals surface area contributed by atoms with Crippen molar-refractivity contribution < 1.29 is 23.5 Å². The molecule has 5 heteroatoms. The smallest absolute Gasteiger partial charge is 0.311 e. The van der Waals surface area contributed by atoms with Crippen molar-refractivity contribution in [1.82, 2.24) is 0 Å². The maximum absolute atomic E-state index is 11.5. The van der Waals surface area contributed by atoms with Crippen LogP contribution in [-0.4, -0.2) is 11.9 Å². The average Bonchev–Trinajstić information content (AvgIpc) is 2.57. The van der Waals surface area contributed by atoms with Gasteiger partial charge in [-0.3, -0.25) is 9.59 Å². The van der Waals surface area contributed by atoms with E-state index in [1.807, 2.05) is 13.8 Å². The molecule has 1 aromatic rings. The molecule has 19 heavy (non-hydrogen) atoms. The van der Waals surface area contributed by atoms with Crippen LogP contribution in [0.4, 0.5) is 0 Å². The molecule has 106 valence electrons. The van der Waals surface area contributed by atoms with Gasteiger partial charge in [-0.1, -0.05) is 13.8 Å². The van der Waals surface area contributed by atoms with Crippen molar-refractivity contribution >= 4 is 11.9 Å². The Kier molecular flexibility index (Phi) is 5.60. The SMILES string of the molecule is CCCC(=O)Oc1c(C)oc(C)c1OC(=O)CCC. The Morgan fingerprint density at radius 1 is 0.895 bits per heavy atom. The zero-order valence-corrected chi connectivity index (χ0v) is 11.9. The summed E-state index contributed by atoms with van der Waals surface area (Å²) in [6.45, 7) is 7.10. The molecule has 0 N–H and O–H groups in total. The van der Waals surface area contributed by atoms with E-state index in [0.29, 0.717) is 37.2 Å². The Bertz CT molecular complexity index is 418. The molecule has 1 aromatic heterocycles. The van der Waals surface area contributed by atoms with E-state index >= 15 is 0 Å². The van der Waals surface area contributed by atoms with E-state index in [-0.39, 0.29) is 23.4 Å². The minimum Gasteiger partial charge on any atom is -0.459 e. The fourth-order valence-electron chi connectivity index (χ4n) is 1.62. The Morgan fingerprint density at radius 3 is 1.58 bits per heavy atom. The Morgan fingerprint density at radius 2 is 1.26 bits per heavy atom. The van der Waals surface area contributed by atoms with Gasteiger partial charge in [0.05, 0.1) is 0 Å². The summed E-state index contributed by atoms with van der Waals surface area (Å²) in [5, 5.41) is 0. The first-order chi connectivity index (χ1) is 8.99. The van der Waals surface area contributed by atoms with Gasteiger partial charge in [-0.2, -0.15) is 0 Å². The summed E-state index contributed by atoms with van der Waals surface area (Å²) in [7, 11) is 0. The molecule has 0 bridgehead atoms. The van der Waals surface area contributed by atoms with Gasteiger partial charge < -0.3 is 13.9 Å². The largest absolute Gasteiger partial charge is 0.459 e. The van der Waals surface area contributed by atoms with Crippen molar-refractivity contribution in [2.24, 2.45) is 0 Å². The van der Waals surface area contributed by atoms with Gasteiger partial charge in [-0.25, -0.2) is 0 Å². The van der Waals surface area contributed by atoms with E-state index in [1.165, 1.54) is 0 Å². The molecule has 1 rings (SSSR count). The van der Waals surface area contributed by atoms with Gasteiger partial charge in [0.1, 0.15) is 11.5 Å². The van der Waals surface area contributed by atoms with Crippen molar-refractivity contribution in [2.75, 3.05) is 0 Å². The number of carbonyl (C=O) groups is 2. The first kappa shape index (κ1) is 15.3. The second-order valence-corrected chi connectivity index (χ2v) is 4.32. The molecule has 0 fully saturated rings. The Labute approximate surface area is 112 Å². The van der Waals surface area contributed by atoms with Crippen LogP contribution in [0.25, 0.3) is 0 Å². The van der Waals surface area contributed by atoms with Gasteiger partial charge in [0, 0.05) is 12.8 Å². The molecular weight excluding hydrogens is 248 g/mol. The van der Waals surface area contributed by atoms with Crippen LogP contribution in [0.3, 0.4) is 0 Å².